The first-order valence-corrected chi connectivity index (χ1v) is 10.2. The van der Waals surface area contributed by atoms with Crippen molar-refractivity contribution in [3.05, 3.63) is 17.7 Å². The summed E-state index contributed by atoms with van der Waals surface area (Å²) in [5.41, 5.74) is 0.969. The largest absolute Gasteiger partial charge is 0.493 e. The molecule has 1 aromatic rings. The van der Waals surface area contributed by atoms with Crippen LogP contribution in [0.1, 0.15) is 31.7 Å². The number of nitrogens with zero attached hydrogens (tertiary/aromatic N) is 1. The van der Waals surface area contributed by atoms with Crippen LogP contribution in [0.3, 0.4) is 0 Å². The zero-order valence-electron chi connectivity index (χ0n) is 18.1. The van der Waals surface area contributed by atoms with Crippen molar-refractivity contribution >= 4 is 5.96 Å². The van der Waals surface area contributed by atoms with Gasteiger partial charge in [0.25, 0.3) is 0 Å². The second-order valence-electron chi connectivity index (χ2n) is 6.72. The summed E-state index contributed by atoms with van der Waals surface area (Å²) in [7, 11) is 4.81. The normalized spacial score (nSPS) is 16.6. The maximum atomic E-state index is 5.70. The second-order valence-corrected chi connectivity index (χ2v) is 6.72. The molecule has 8 heteroatoms. The molecule has 1 atom stereocenters. The van der Waals surface area contributed by atoms with Gasteiger partial charge in [0.2, 0.25) is 5.75 Å². The van der Waals surface area contributed by atoms with Crippen molar-refractivity contribution in [3.8, 4) is 17.2 Å². The van der Waals surface area contributed by atoms with Crippen LogP contribution in [0.2, 0.25) is 0 Å². The summed E-state index contributed by atoms with van der Waals surface area (Å²) in [6.45, 7) is 6.37. The molecular weight excluding hydrogens is 374 g/mol. The van der Waals surface area contributed by atoms with Gasteiger partial charge in [-0.25, -0.2) is 4.99 Å². The summed E-state index contributed by atoms with van der Waals surface area (Å²) >= 11 is 0. The molecule has 2 rings (SSSR count). The highest BCUT2D eigenvalue weighted by atomic mass is 16.5. The Labute approximate surface area is 173 Å². The van der Waals surface area contributed by atoms with Crippen molar-refractivity contribution in [2.75, 3.05) is 54.2 Å². The van der Waals surface area contributed by atoms with Crippen LogP contribution in [-0.2, 0) is 16.0 Å². The van der Waals surface area contributed by atoms with Crippen molar-refractivity contribution in [2.24, 2.45) is 4.99 Å². The number of methoxy groups -OCH3 is 3. The van der Waals surface area contributed by atoms with Gasteiger partial charge < -0.3 is 34.3 Å². The minimum Gasteiger partial charge on any atom is -0.493 e. The molecule has 1 heterocycles. The van der Waals surface area contributed by atoms with Crippen LogP contribution < -0.4 is 24.8 Å². The van der Waals surface area contributed by atoms with E-state index in [-0.39, 0.29) is 6.10 Å². The number of benzene rings is 1. The lowest BCUT2D eigenvalue weighted by Crippen LogP contribution is -2.38. The predicted molar refractivity (Wildman–Crippen MR) is 113 cm³/mol. The molecular formula is C21H35N3O5. The van der Waals surface area contributed by atoms with Gasteiger partial charge in [0, 0.05) is 26.3 Å². The smallest absolute Gasteiger partial charge is 0.203 e. The van der Waals surface area contributed by atoms with Crippen LogP contribution in [0.4, 0.5) is 0 Å². The molecule has 2 N–H and O–H groups in total. The molecule has 1 saturated heterocycles. The SMILES string of the molecule is CCNC(=NCc1cc(OC)c(OC)c(OC)c1)NCCCOCC1CCCO1. The Bertz CT molecular complexity index is 608. The van der Waals surface area contributed by atoms with E-state index >= 15 is 0 Å². The van der Waals surface area contributed by atoms with Gasteiger partial charge in [-0.3, -0.25) is 0 Å². The van der Waals surface area contributed by atoms with Gasteiger partial charge in [-0.15, -0.1) is 0 Å². The van der Waals surface area contributed by atoms with E-state index in [4.69, 9.17) is 23.7 Å². The van der Waals surface area contributed by atoms with Crippen LogP contribution in [0.15, 0.2) is 17.1 Å². The predicted octanol–water partition coefficient (Wildman–Crippen LogP) is 2.35. The number of hydrogen-bond donors (Lipinski definition) is 2. The molecule has 0 amide bonds. The van der Waals surface area contributed by atoms with E-state index in [1.54, 1.807) is 21.3 Å². The third kappa shape index (κ3) is 7.62. The molecule has 1 unspecified atom stereocenters. The maximum Gasteiger partial charge on any atom is 0.203 e. The quantitative estimate of drug-likeness (QED) is 0.311. The zero-order valence-corrected chi connectivity index (χ0v) is 18.1. The van der Waals surface area contributed by atoms with E-state index in [1.165, 1.54) is 0 Å². The minimum absolute atomic E-state index is 0.278. The van der Waals surface area contributed by atoms with Crippen LogP contribution in [0.5, 0.6) is 17.2 Å². The van der Waals surface area contributed by atoms with E-state index in [0.717, 1.165) is 50.5 Å². The van der Waals surface area contributed by atoms with E-state index in [2.05, 4.69) is 15.6 Å². The number of guanidine groups is 1. The molecule has 1 aromatic carbocycles. The maximum absolute atomic E-state index is 5.70. The number of hydrogen-bond acceptors (Lipinski definition) is 6. The molecule has 164 valence electrons. The van der Waals surface area contributed by atoms with E-state index < -0.39 is 0 Å². The highest BCUT2D eigenvalue weighted by molar-refractivity contribution is 5.79. The Morgan fingerprint density at radius 1 is 1.14 bits per heavy atom. The highest BCUT2D eigenvalue weighted by Gasteiger charge is 2.15. The third-order valence-electron chi connectivity index (χ3n) is 4.57. The van der Waals surface area contributed by atoms with Crippen molar-refractivity contribution < 1.29 is 23.7 Å². The first kappa shape index (κ1) is 23.1. The van der Waals surface area contributed by atoms with Crippen LogP contribution >= 0.6 is 0 Å². The summed E-state index contributed by atoms with van der Waals surface area (Å²) in [6, 6.07) is 3.82. The van der Waals surface area contributed by atoms with Gasteiger partial charge in [0.1, 0.15) is 0 Å². The molecule has 1 aliphatic rings. The monoisotopic (exact) mass is 409 g/mol. The molecule has 1 fully saturated rings. The number of rotatable bonds is 12. The fourth-order valence-corrected chi connectivity index (χ4v) is 3.11. The van der Waals surface area contributed by atoms with Crippen molar-refractivity contribution in [1.82, 2.24) is 10.6 Å². The molecule has 0 spiro atoms. The Hall–Kier alpha value is -2.19. The minimum atomic E-state index is 0.278. The Morgan fingerprint density at radius 2 is 1.90 bits per heavy atom. The van der Waals surface area contributed by atoms with Crippen LogP contribution in [-0.4, -0.2) is 66.3 Å². The molecule has 0 radical (unpaired) electrons. The first-order valence-electron chi connectivity index (χ1n) is 10.2. The Kier molecular flexibility index (Phi) is 10.4. The molecule has 0 bridgehead atoms. The number of nitrogens with one attached hydrogen (secondary N) is 2. The number of aliphatic imine (C=N–C) groups is 1. The summed E-state index contributed by atoms with van der Waals surface area (Å²) in [4.78, 5) is 4.65. The zero-order chi connectivity index (χ0) is 20.9. The fourth-order valence-electron chi connectivity index (χ4n) is 3.11. The molecule has 8 nitrogen and oxygen atoms in total. The van der Waals surface area contributed by atoms with Crippen molar-refractivity contribution in [1.29, 1.82) is 0 Å². The average Bonchev–Trinajstić information content (AvgIpc) is 3.26. The molecule has 1 aliphatic heterocycles. The fraction of sp³-hybridized carbons (Fsp3) is 0.667. The van der Waals surface area contributed by atoms with Gasteiger partial charge >= 0.3 is 0 Å². The van der Waals surface area contributed by atoms with E-state index in [0.29, 0.717) is 37.0 Å². The van der Waals surface area contributed by atoms with E-state index in [9.17, 15) is 0 Å². The molecule has 29 heavy (non-hydrogen) atoms. The van der Waals surface area contributed by atoms with Gasteiger partial charge in [0.05, 0.1) is 40.6 Å². The lowest BCUT2D eigenvalue weighted by atomic mass is 10.2. The second kappa shape index (κ2) is 13.1. The Balaban J connectivity index is 1.83. The van der Waals surface area contributed by atoms with Crippen LogP contribution in [0.25, 0.3) is 0 Å². The van der Waals surface area contributed by atoms with Gasteiger partial charge in [-0.1, -0.05) is 0 Å². The van der Waals surface area contributed by atoms with Crippen molar-refractivity contribution in [2.45, 2.75) is 38.8 Å². The van der Waals surface area contributed by atoms with E-state index in [1.807, 2.05) is 19.1 Å². The highest BCUT2D eigenvalue weighted by Crippen LogP contribution is 2.38. The molecule has 0 aromatic heterocycles. The summed E-state index contributed by atoms with van der Waals surface area (Å²) in [6.07, 6.45) is 3.43. The first-order chi connectivity index (χ1) is 14.2. The summed E-state index contributed by atoms with van der Waals surface area (Å²) in [5.74, 6) is 2.59. The Morgan fingerprint density at radius 3 is 2.48 bits per heavy atom. The van der Waals surface area contributed by atoms with Gasteiger partial charge in [0.15, 0.2) is 17.5 Å². The van der Waals surface area contributed by atoms with Gasteiger partial charge in [-0.2, -0.15) is 0 Å². The third-order valence-corrected chi connectivity index (χ3v) is 4.57. The molecule has 0 aliphatic carbocycles. The topological polar surface area (TPSA) is 82.6 Å². The summed E-state index contributed by atoms with van der Waals surface area (Å²) in [5, 5.41) is 6.60. The number of ether oxygens (including phenoxy) is 5. The van der Waals surface area contributed by atoms with Crippen molar-refractivity contribution in [3.63, 3.8) is 0 Å². The molecule has 0 saturated carbocycles. The lowest BCUT2D eigenvalue weighted by molar-refractivity contribution is 0.0168. The average molecular weight is 410 g/mol. The lowest BCUT2D eigenvalue weighted by Gasteiger charge is -2.14. The summed E-state index contributed by atoms with van der Waals surface area (Å²) < 4.78 is 27.4. The standard InChI is InChI=1S/C21H35N3O5/c1-5-22-21(23-9-7-10-28-15-17-8-6-11-29-17)24-14-16-12-18(25-2)20(27-4)19(13-16)26-3/h12-13,17H,5-11,14-15H2,1-4H3,(H2,22,23,24). The van der Waals surface area contributed by atoms with Gasteiger partial charge in [-0.05, 0) is 43.9 Å². The van der Waals surface area contributed by atoms with Crippen LogP contribution in [0, 0.1) is 0 Å².